The molecular formula is C42H60Br2N2. The summed E-state index contributed by atoms with van der Waals surface area (Å²) < 4.78 is 2.33. The molecule has 2 heterocycles. The first-order valence-electron chi connectivity index (χ1n) is 17.4. The minimum Gasteiger partial charge on any atom is -1.00 e. The van der Waals surface area contributed by atoms with Gasteiger partial charge < -0.3 is 17.0 Å². The summed E-state index contributed by atoms with van der Waals surface area (Å²) in [4.78, 5) is 3.98. The van der Waals surface area contributed by atoms with Crippen LogP contribution in [0.1, 0.15) is 110 Å². The van der Waals surface area contributed by atoms with E-state index in [-0.39, 0.29) is 17.0 Å². The summed E-state index contributed by atoms with van der Waals surface area (Å²) in [5.74, 6) is 0. The van der Waals surface area contributed by atoms with Crippen LogP contribution in [-0.4, -0.2) is 10.3 Å². The Bertz CT molecular complexity index is 1280. The molecule has 0 radical (unpaired) electrons. The van der Waals surface area contributed by atoms with E-state index in [0.29, 0.717) is 0 Å². The van der Waals surface area contributed by atoms with Crippen molar-refractivity contribution in [3.63, 3.8) is 0 Å². The molecule has 0 amide bonds. The van der Waals surface area contributed by atoms with Crippen molar-refractivity contribution in [2.45, 2.75) is 125 Å². The van der Waals surface area contributed by atoms with Crippen LogP contribution in [0.15, 0.2) is 85.5 Å². The maximum Gasteiger partial charge on any atom is 0.171 e. The Balaban J connectivity index is 0.000000380. The Labute approximate surface area is 301 Å². The first kappa shape index (κ1) is 41.7. The van der Waals surface area contributed by atoms with E-state index in [0.717, 1.165) is 11.9 Å². The molecule has 2 aromatic carbocycles. The minimum atomic E-state index is 0. The van der Waals surface area contributed by atoms with E-state index in [1.807, 2.05) is 26.2 Å². The van der Waals surface area contributed by atoms with Gasteiger partial charge in [0.1, 0.15) is 6.54 Å². The van der Waals surface area contributed by atoms with Gasteiger partial charge >= 0.3 is 0 Å². The summed E-state index contributed by atoms with van der Waals surface area (Å²) in [6.07, 6.45) is 23.3. The Kier molecular flexibility index (Phi) is 23.4. The number of unbranched alkanes of at least 4 members (excludes halogenated alkanes) is 4. The largest absolute Gasteiger partial charge is 1.00 e. The summed E-state index contributed by atoms with van der Waals surface area (Å²) in [6, 6.07) is 22.7. The molecule has 0 aliphatic rings. The third kappa shape index (κ3) is 19.4. The second kappa shape index (κ2) is 25.7. The van der Waals surface area contributed by atoms with Crippen molar-refractivity contribution in [3.05, 3.63) is 130 Å². The number of hydrogen-bond donors (Lipinski definition) is 0. The van der Waals surface area contributed by atoms with Gasteiger partial charge in [0.2, 0.25) is 0 Å². The summed E-state index contributed by atoms with van der Waals surface area (Å²) >= 11 is 3.46. The predicted molar refractivity (Wildman–Crippen MR) is 200 cm³/mol. The summed E-state index contributed by atoms with van der Waals surface area (Å²) in [6.45, 7) is 14.0. The number of aromatic nitrogens is 2. The average molecular weight is 753 g/mol. The molecule has 0 saturated carbocycles. The highest BCUT2D eigenvalue weighted by atomic mass is 79.9. The number of pyridine rings is 2. The molecule has 2 nitrogen and oxygen atoms in total. The number of hydrogen-bond acceptors (Lipinski definition) is 1. The van der Waals surface area contributed by atoms with E-state index < -0.39 is 0 Å². The lowest BCUT2D eigenvalue weighted by atomic mass is 10.0. The molecule has 4 heteroatoms. The smallest absolute Gasteiger partial charge is 0.171 e. The minimum absolute atomic E-state index is 0. The van der Waals surface area contributed by atoms with E-state index in [4.69, 9.17) is 0 Å². The van der Waals surface area contributed by atoms with Gasteiger partial charge in [0.15, 0.2) is 12.4 Å². The number of benzene rings is 2. The van der Waals surface area contributed by atoms with Crippen LogP contribution in [0.2, 0.25) is 0 Å². The lowest BCUT2D eigenvalue weighted by Crippen LogP contribution is -3.00. The van der Waals surface area contributed by atoms with Crippen molar-refractivity contribution in [1.29, 1.82) is 0 Å². The molecule has 0 bridgehead atoms. The number of aryl methyl sites for hydroxylation is 9. The van der Waals surface area contributed by atoms with Crippen molar-refractivity contribution >= 4 is 15.9 Å². The maximum absolute atomic E-state index is 3.98. The summed E-state index contributed by atoms with van der Waals surface area (Å²) in [7, 11) is 0. The van der Waals surface area contributed by atoms with Crippen LogP contribution in [-0.2, 0) is 32.2 Å². The third-order valence-electron chi connectivity index (χ3n) is 7.87. The average Bonchev–Trinajstić information content (AvgIpc) is 3.02. The molecule has 0 unspecified atom stereocenters. The Morgan fingerprint density at radius 2 is 0.891 bits per heavy atom. The highest BCUT2D eigenvalue weighted by molar-refractivity contribution is 9.09. The number of halogens is 2. The van der Waals surface area contributed by atoms with Crippen LogP contribution in [0.25, 0.3) is 0 Å². The molecule has 0 fully saturated rings. The zero-order valence-corrected chi connectivity index (χ0v) is 32.8. The van der Waals surface area contributed by atoms with E-state index in [1.165, 1.54) is 122 Å². The van der Waals surface area contributed by atoms with Crippen molar-refractivity contribution in [1.82, 2.24) is 4.98 Å². The molecule has 4 aromatic rings. The fourth-order valence-corrected chi connectivity index (χ4v) is 5.78. The van der Waals surface area contributed by atoms with Gasteiger partial charge in [-0.25, -0.2) is 4.57 Å². The van der Waals surface area contributed by atoms with Crippen LogP contribution in [0, 0.1) is 27.7 Å². The van der Waals surface area contributed by atoms with E-state index in [9.17, 15) is 0 Å². The highest BCUT2D eigenvalue weighted by Crippen LogP contribution is 2.12. The van der Waals surface area contributed by atoms with Gasteiger partial charge in [-0.1, -0.05) is 97.2 Å². The van der Waals surface area contributed by atoms with E-state index in [2.05, 4.69) is 126 Å². The number of nitrogens with zero attached hydrogens (tertiary/aromatic N) is 2. The predicted octanol–water partition coefficient (Wildman–Crippen LogP) is 8.41. The zero-order valence-electron chi connectivity index (χ0n) is 29.6. The molecule has 46 heavy (non-hydrogen) atoms. The van der Waals surface area contributed by atoms with Gasteiger partial charge in [-0.05, 0) is 125 Å². The fourth-order valence-electron chi connectivity index (χ4n) is 5.38. The lowest BCUT2D eigenvalue weighted by molar-refractivity contribution is -0.698. The summed E-state index contributed by atoms with van der Waals surface area (Å²) in [5.41, 5.74) is 11.1. The van der Waals surface area contributed by atoms with Gasteiger partial charge in [0.05, 0.1) is 0 Å². The fraction of sp³-hybridized carbons (Fsp3) is 0.476. The van der Waals surface area contributed by atoms with Crippen molar-refractivity contribution in [3.8, 4) is 0 Å². The van der Waals surface area contributed by atoms with Crippen LogP contribution >= 0.6 is 15.9 Å². The molecule has 0 saturated heterocycles. The van der Waals surface area contributed by atoms with Crippen molar-refractivity contribution in [2.24, 2.45) is 0 Å². The van der Waals surface area contributed by atoms with Crippen LogP contribution in [0.4, 0.5) is 0 Å². The molecule has 0 N–H and O–H groups in total. The quantitative estimate of drug-likeness (QED) is 0.0678. The molecule has 0 atom stereocenters. The Hall–Kier alpha value is -2.30. The van der Waals surface area contributed by atoms with Crippen LogP contribution in [0.3, 0.4) is 0 Å². The molecule has 4 rings (SSSR count). The van der Waals surface area contributed by atoms with E-state index >= 15 is 0 Å². The Morgan fingerprint density at radius 1 is 0.522 bits per heavy atom. The maximum atomic E-state index is 3.98. The monoisotopic (exact) mass is 750 g/mol. The first-order chi connectivity index (χ1) is 21.8. The molecule has 0 aliphatic carbocycles. The lowest BCUT2D eigenvalue weighted by Gasteiger charge is -2.04. The van der Waals surface area contributed by atoms with Gasteiger partial charge in [0.25, 0.3) is 0 Å². The first-order valence-corrected chi connectivity index (χ1v) is 18.5. The SMILES string of the molecule is CCCCc1ccc(CCCCBr)cc1.CCCCc1ccc(CCCC[n+]2cc(C)cc(C)c2)cc1.Cc1cncc(C)c1.[Br-]. The molecule has 0 aliphatic heterocycles. The van der Waals surface area contributed by atoms with E-state index in [1.54, 1.807) is 0 Å². The summed E-state index contributed by atoms with van der Waals surface area (Å²) in [5, 5.41) is 1.13. The molecule has 2 aromatic heterocycles. The Morgan fingerprint density at radius 3 is 1.24 bits per heavy atom. The standard InChI is InChI=1S/C21H30N.C14H21Br.C7H9N.BrH/c1-4-5-8-20-10-12-21(13-11-20)9-6-7-14-22-16-18(2)15-19(3)17-22;1-2-3-6-13-8-10-14(11-9-13)7-4-5-12-15;1-6-3-7(2)5-8-4-6;/h10-13,15-17H,4-9,14H2,1-3H3;8-11H,2-7,12H2,1H3;3-5H,1-2H3;1H/q+1;;;/p-1. The second-order valence-electron chi connectivity index (χ2n) is 12.6. The van der Waals surface area contributed by atoms with Crippen LogP contribution in [0.5, 0.6) is 0 Å². The topological polar surface area (TPSA) is 16.8 Å². The molecule has 0 spiro atoms. The molecular weight excluding hydrogens is 692 g/mol. The van der Waals surface area contributed by atoms with Gasteiger partial charge in [-0.15, -0.1) is 0 Å². The normalized spacial score (nSPS) is 10.2. The third-order valence-corrected chi connectivity index (χ3v) is 8.43. The van der Waals surface area contributed by atoms with Crippen molar-refractivity contribution < 1.29 is 21.5 Å². The number of rotatable bonds is 15. The molecule has 252 valence electrons. The second-order valence-corrected chi connectivity index (χ2v) is 13.4. The highest BCUT2D eigenvalue weighted by Gasteiger charge is 2.03. The van der Waals surface area contributed by atoms with Gasteiger partial charge in [-0.3, -0.25) is 4.98 Å². The van der Waals surface area contributed by atoms with Crippen molar-refractivity contribution in [2.75, 3.05) is 5.33 Å². The van der Waals surface area contributed by atoms with Crippen LogP contribution < -0.4 is 21.5 Å². The number of alkyl halides is 1. The van der Waals surface area contributed by atoms with Gasteiger partial charge in [-0.2, -0.15) is 0 Å². The zero-order chi connectivity index (χ0) is 32.7. The van der Waals surface area contributed by atoms with Gasteiger partial charge in [0, 0.05) is 35.3 Å².